The maximum Gasteiger partial charge on any atom is 1.00 e. The van der Waals surface area contributed by atoms with Gasteiger partial charge in [0.1, 0.15) is 0 Å². The van der Waals surface area contributed by atoms with Crippen molar-refractivity contribution in [3.63, 3.8) is 0 Å². The third kappa shape index (κ3) is 5.50. The molecule has 0 aliphatic carbocycles. The first-order chi connectivity index (χ1) is 17.0. The Kier molecular flexibility index (Phi) is 8.46. The van der Waals surface area contributed by atoms with E-state index in [4.69, 9.17) is 5.48 Å². The Morgan fingerprint density at radius 3 is 0.895 bits per heavy atom. The molecule has 0 rings (SSSR count). The van der Waals surface area contributed by atoms with Crippen LogP contribution in [0.5, 0.6) is 0 Å². The van der Waals surface area contributed by atoms with E-state index in [1.54, 1.807) is 0 Å². The maximum atomic E-state index is 13.9. The minimum absolute atomic E-state index is 0. The normalized spacial score (nSPS) is 18.7. The van der Waals surface area contributed by atoms with Crippen LogP contribution in [0.1, 0.15) is 11.9 Å². The summed E-state index contributed by atoms with van der Waals surface area (Å²) in [6.07, 6.45) is -15.0. The van der Waals surface area contributed by atoms with Crippen LogP contribution >= 0.6 is 0 Å². The van der Waals surface area contributed by atoms with E-state index in [1.807, 2.05) is 0 Å². The Bertz CT molecular complexity index is 1120. The molecule has 0 N–H and O–H groups in total. The van der Waals surface area contributed by atoms with Crippen molar-refractivity contribution in [1.82, 2.24) is 0 Å². The van der Waals surface area contributed by atoms with E-state index in [-0.39, 0.29) is 29.6 Å². The second-order valence-corrected chi connectivity index (χ2v) is 7.46. The van der Waals surface area contributed by atoms with Crippen LogP contribution in [-0.2, 0) is 10.1 Å². The maximum absolute atomic E-state index is 13.9. The van der Waals surface area contributed by atoms with Gasteiger partial charge in [-0.2, -0.15) is 92.2 Å². The minimum atomic E-state index is -9.53. The minimum Gasteiger partial charge on any atom is -0.748 e. The Morgan fingerprint density at radius 1 is 0.474 bits per heavy atom. The van der Waals surface area contributed by atoms with Crippen LogP contribution in [-0.4, -0.2) is 78.2 Å². The van der Waals surface area contributed by atoms with Crippen LogP contribution in [0, 0.1) is 0 Å². The van der Waals surface area contributed by atoms with Crippen molar-refractivity contribution < 1.29 is 140 Å². The van der Waals surface area contributed by atoms with Crippen LogP contribution in [0.4, 0.5) is 92.2 Å². The van der Waals surface area contributed by atoms with Gasteiger partial charge in [-0.1, -0.05) is 0 Å². The monoisotopic (exact) mass is 656 g/mol. The molecule has 0 aliphatic heterocycles. The van der Waals surface area contributed by atoms with E-state index in [2.05, 4.69) is 0 Å². The molecule has 0 saturated heterocycles. The third-order valence-corrected chi connectivity index (χ3v) is 4.20. The van der Waals surface area contributed by atoms with Gasteiger partial charge < -0.3 is 4.55 Å². The molecule has 0 bridgehead atoms. The van der Waals surface area contributed by atoms with E-state index in [9.17, 15) is 105 Å². The van der Waals surface area contributed by atoms with Gasteiger partial charge in [0.05, 0.1) is 10.1 Å². The van der Waals surface area contributed by atoms with Crippen molar-refractivity contribution in [3.8, 4) is 0 Å². The molecule has 0 radical (unpaired) electrons. The molecule has 224 valence electrons. The molecule has 3 nitrogen and oxygen atoms in total. The first-order valence-electron chi connectivity index (χ1n) is 9.42. The number of hydrogen-bond acceptors (Lipinski definition) is 3. The van der Waals surface area contributed by atoms with Gasteiger partial charge in [-0.15, -0.1) is 0 Å². The van der Waals surface area contributed by atoms with Crippen molar-refractivity contribution in [3.05, 3.63) is 0 Å². The molecule has 0 saturated carbocycles. The summed E-state index contributed by atoms with van der Waals surface area (Å²) in [6.45, 7) is 0. The Morgan fingerprint density at radius 2 is 0.684 bits per heavy atom. The van der Waals surface area contributed by atoms with Crippen molar-refractivity contribution in [2.45, 2.75) is 65.9 Å². The fourth-order valence-corrected chi connectivity index (χ4v) is 2.02. The van der Waals surface area contributed by atoms with E-state index in [1.165, 1.54) is 0 Å². The molecular formula is C12H4F21NaO3S. The molecule has 0 atom stereocenters. The first-order valence-corrected chi connectivity index (χ1v) is 8.83. The smallest absolute Gasteiger partial charge is 0.748 e. The fourth-order valence-electron chi connectivity index (χ4n) is 1.76. The average molecular weight is 656 g/mol. The van der Waals surface area contributed by atoms with Gasteiger partial charge in [0, 0.05) is 17.6 Å². The van der Waals surface area contributed by atoms with Crippen molar-refractivity contribution >= 4 is 10.1 Å². The molecule has 0 heterocycles. The molecule has 38 heavy (non-hydrogen) atoms. The van der Waals surface area contributed by atoms with Gasteiger partial charge in [-0.05, 0) is 0 Å². The molecule has 0 aromatic carbocycles. The topological polar surface area (TPSA) is 57.2 Å². The number of hydrogen-bond donors (Lipinski definition) is 0. The molecule has 0 amide bonds. The van der Waals surface area contributed by atoms with Crippen LogP contribution in [0.3, 0.4) is 0 Å². The molecule has 0 spiro atoms. The second-order valence-electron chi connectivity index (χ2n) is 6.35. The Labute approximate surface area is 222 Å². The van der Waals surface area contributed by atoms with Gasteiger partial charge >= 0.3 is 89.0 Å². The first kappa shape index (κ1) is 32.0. The summed E-state index contributed by atoms with van der Waals surface area (Å²) < 4.78 is 336. The molecule has 0 aliphatic rings. The number of halogens is 21. The van der Waals surface area contributed by atoms with Crippen molar-refractivity contribution in [1.29, 1.82) is 0 Å². The van der Waals surface area contributed by atoms with E-state index in [0.29, 0.717) is 0 Å². The summed E-state index contributed by atoms with van der Waals surface area (Å²) in [6, 6.07) is 0. The average Bonchev–Trinajstić information content (AvgIpc) is 2.70. The molecule has 0 fully saturated rings. The zero-order valence-electron chi connectivity index (χ0n) is 20.6. The zero-order valence-corrected chi connectivity index (χ0v) is 19.4. The fraction of sp³-hybridized carbons (Fsp3) is 1.00. The summed E-state index contributed by atoms with van der Waals surface area (Å²) in [5.74, 6) is -82.1. The standard InChI is InChI=1S/C12H5F21O3S.Na/c13-3(14,1-2-37(34,35)36)4(15,16)5(17,18)6(19,20)7(21,22)8(23,24)9(25,26)10(27,28)11(29,30)12(31,32)33;/h1-2H2,(H,34,35,36);/q;+1/p-1/i1+1D2,2+1D2;. The second kappa shape index (κ2) is 10.1. The van der Waals surface area contributed by atoms with Gasteiger partial charge in [0.15, 0.2) is 0 Å². The van der Waals surface area contributed by atoms with Crippen LogP contribution in [0.2, 0.25) is 0 Å². The summed E-state index contributed by atoms with van der Waals surface area (Å²) in [5.41, 5.74) is -6.16. The van der Waals surface area contributed by atoms with E-state index >= 15 is 0 Å². The van der Waals surface area contributed by atoms with E-state index < -0.39 is 81.7 Å². The molecule has 0 aromatic heterocycles. The number of rotatable bonds is 11. The molecular weight excluding hydrogens is 648 g/mol. The molecule has 0 unspecified atom stereocenters. The van der Waals surface area contributed by atoms with Crippen molar-refractivity contribution in [2.24, 2.45) is 0 Å². The summed E-state index contributed by atoms with van der Waals surface area (Å²) in [5, 5.41) is 0. The largest absolute Gasteiger partial charge is 1.00 e. The summed E-state index contributed by atoms with van der Waals surface area (Å²) >= 11 is 0. The predicted molar refractivity (Wildman–Crippen MR) is 69.8 cm³/mol. The van der Waals surface area contributed by atoms with Gasteiger partial charge in [0.25, 0.3) is 0 Å². The van der Waals surface area contributed by atoms with Crippen LogP contribution < -0.4 is 29.6 Å². The van der Waals surface area contributed by atoms with Crippen LogP contribution in [0.25, 0.3) is 0 Å². The quantitative estimate of drug-likeness (QED) is 0.149. The molecule has 0 aromatic rings. The van der Waals surface area contributed by atoms with Gasteiger partial charge in [0.2, 0.25) is 0 Å². The predicted octanol–water partition coefficient (Wildman–Crippen LogP) is 3.21. The summed E-state index contributed by atoms with van der Waals surface area (Å²) in [7, 11) is -7.45. The summed E-state index contributed by atoms with van der Waals surface area (Å²) in [4.78, 5) is 0. The Balaban J connectivity index is 0. The van der Waals surface area contributed by atoms with Gasteiger partial charge in [-0.25, -0.2) is 8.42 Å². The van der Waals surface area contributed by atoms with E-state index in [0.717, 1.165) is 0 Å². The van der Waals surface area contributed by atoms with Crippen LogP contribution in [0.15, 0.2) is 0 Å². The third-order valence-electron chi connectivity index (χ3n) is 3.84. The number of alkyl halides is 21. The Hall–Kier alpha value is -0.560. The zero-order chi connectivity index (χ0) is 34.5. The SMILES string of the molecule is [2H][13C]([2H])(C(F)(F)C(F)(F)C(F)(F)C(F)(F)C(F)(F)C(F)(F)C(F)(F)C(F)(F)C(F)(F)C(F)(F)F)[13C]([2H])([2H])S(=O)(=O)[O-].[Na+]. The molecule has 26 heteroatoms. The van der Waals surface area contributed by atoms with Crippen molar-refractivity contribution in [2.75, 3.05) is 5.70 Å². The van der Waals surface area contributed by atoms with Gasteiger partial charge in [-0.3, -0.25) is 0 Å².